The lowest BCUT2D eigenvalue weighted by molar-refractivity contribution is -0.385. The molecule has 0 aliphatic carbocycles. The maximum atomic E-state index is 10.6. The Morgan fingerprint density at radius 1 is 1.12 bits per heavy atom. The van der Waals surface area contributed by atoms with Gasteiger partial charge in [-0.3, -0.25) is 10.1 Å². The van der Waals surface area contributed by atoms with E-state index in [9.17, 15) is 10.1 Å². The Morgan fingerprint density at radius 2 is 1.83 bits per heavy atom. The third-order valence-corrected chi connectivity index (χ3v) is 3.90. The summed E-state index contributed by atoms with van der Waals surface area (Å²) in [7, 11) is 0. The van der Waals surface area contributed by atoms with Gasteiger partial charge in [0.15, 0.2) is 11.8 Å². The van der Waals surface area contributed by atoms with Crippen molar-refractivity contribution in [3.63, 3.8) is 0 Å². The molecule has 3 rings (SSSR count). The van der Waals surface area contributed by atoms with Crippen LogP contribution in [0.25, 0.3) is 0 Å². The molecule has 24 heavy (non-hydrogen) atoms. The lowest BCUT2D eigenvalue weighted by atomic mass is 10.2. The Balaban J connectivity index is 1.62. The number of hydrogen-bond acceptors (Lipinski definition) is 5. The van der Waals surface area contributed by atoms with Crippen molar-refractivity contribution in [1.29, 1.82) is 0 Å². The number of para-hydroxylation sites is 1. The summed E-state index contributed by atoms with van der Waals surface area (Å²) in [5, 5.41) is 10.6. The molecule has 0 radical (unpaired) electrons. The van der Waals surface area contributed by atoms with Crippen LogP contribution < -0.4 is 10.6 Å². The minimum absolute atomic E-state index is 0.0657. The highest BCUT2D eigenvalue weighted by Crippen LogP contribution is 2.17. The number of aromatic nitrogens is 1. The van der Waals surface area contributed by atoms with Crippen LogP contribution in [0.3, 0.4) is 0 Å². The van der Waals surface area contributed by atoms with Crippen LogP contribution in [0.5, 0.6) is 0 Å². The molecule has 1 aromatic carbocycles. The number of rotatable bonds is 3. The summed E-state index contributed by atoms with van der Waals surface area (Å²) in [5.74, 6) is 0.743. The number of benzene rings is 1. The zero-order valence-electron chi connectivity index (χ0n) is 13.1. The van der Waals surface area contributed by atoms with Crippen LogP contribution >= 0.6 is 0 Å². The van der Waals surface area contributed by atoms with E-state index in [0.717, 1.165) is 26.2 Å². The fourth-order valence-corrected chi connectivity index (χ4v) is 2.57. The number of piperazine rings is 1. The van der Waals surface area contributed by atoms with Crippen molar-refractivity contribution < 1.29 is 4.92 Å². The molecule has 124 valence electrons. The second-order valence-electron chi connectivity index (χ2n) is 5.41. The van der Waals surface area contributed by atoms with E-state index in [2.05, 4.69) is 27.0 Å². The highest BCUT2D eigenvalue weighted by molar-refractivity contribution is 5.80. The zero-order valence-corrected chi connectivity index (χ0v) is 13.1. The molecule has 1 aromatic heterocycles. The third-order valence-electron chi connectivity index (χ3n) is 3.90. The molecule has 0 bridgehead atoms. The molecule has 1 aliphatic rings. The predicted octanol–water partition coefficient (Wildman–Crippen LogP) is 1.76. The number of aliphatic imine (C=N–C) groups is 1. The van der Waals surface area contributed by atoms with E-state index in [0.29, 0.717) is 11.8 Å². The Bertz CT molecular complexity index is 724. The molecule has 0 atom stereocenters. The van der Waals surface area contributed by atoms with Crippen molar-refractivity contribution in [2.24, 2.45) is 10.7 Å². The average Bonchev–Trinajstić information content (AvgIpc) is 2.63. The molecular weight excluding hydrogens is 308 g/mol. The Labute approximate surface area is 139 Å². The van der Waals surface area contributed by atoms with E-state index in [-0.39, 0.29) is 5.69 Å². The van der Waals surface area contributed by atoms with Crippen molar-refractivity contribution in [2.75, 3.05) is 31.1 Å². The van der Waals surface area contributed by atoms with Gasteiger partial charge in [0, 0.05) is 37.9 Å². The second kappa shape index (κ2) is 6.95. The first-order valence-corrected chi connectivity index (χ1v) is 7.63. The smallest absolute Gasteiger partial charge is 0.287 e. The highest BCUT2D eigenvalue weighted by Gasteiger charge is 2.18. The van der Waals surface area contributed by atoms with Crippen molar-refractivity contribution in [3.8, 4) is 0 Å². The number of nitrogens with zero attached hydrogens (tertiary/aromatic N) is 5. The van der Waals surface area contributed by atoms with Gasteiger partial charge in [-0.15, -0.1) is 0 Å². The number of nitro groups is 1. The first kappa shape index (κ1) is 15.7. The molecule has 2 heterocycles. The molecule has 1 saturated heterocycles. The van der Waals surface area contributed by atoms with Gasteiger partial charge in [-0.05, 0) is 18.2 Å². The van der Waals surface area contributed by atoms with Crippen molar-refractivity contribution in [2.45, 2.75) is 0 Å². The summed E-state index contributed by atoms with van der Waals surface area (Å²) in [4.78, 5) is 22.6. The number of pyridine rings is 1. The topological polar surface area (TPSA) is 101 Å². The molecular formula is C16H18N6O2. The van der Waals surface area contributed by atoms with E-state index in [4.69, 9.17) is 5.73 Å². The summed E-state index contributed by atoms with van der Waals surface area (Å²) < 4.78 is 0. The molecule has 8 heteroatoms. The number of nitrogens with two attached hydrogens (primary N) is 1. The van der Waals surface area contributed by atoms with Gasteiger partial charge in [0.2, 0.25) is 0 Å². The van der Waals surface area contributed by atoms with Gasteiger partial charge in [0.25, 0.3) is 5.69 Å². The fraction of sp³-hybridized carbons (Fsp3) is 0.250. The number of hydrogen-bond donors (Lipinski definition) is 1. The van der Waals surface area contributed by atoms with E-state index in [1.807, 2.05) is 23.1 Å². The van der Waals surface area contributed by atoms with Crippen molar-refractivity contribution in [1.82, 2.24) is 9.88 Å². The minimum atomic E-state index is -0.493. The van der Waals surface area contributed by atoms with Gasteiger partial charge in [0.1, 0.15) is 6.20 Å². The monoisotopic (exact) mass is 326 g/mol. The molecule has 0 saturated carbocycles. The fourth-order valence-electron chi connectivity index (χ4n) is 2.57. The maximum Gasteiger partial charge on any atom is 0.287 e. The van der Waals surface area contributed by atoms with Gasteiger partial charge in [-0.2, -0.15) is 4.99 Å². The Morgan fingerprint density at radius 3 is 2.42 bits per heavy atom. The first-order chi connectivity index (χ1) is 11.6. The molecule has 1 aliphatic heterocycles. The largest absolute Gasteiger partial charge is 0.369 e. The van der Waals surface area contributed by atoms with E-state index < -0.39 is 4.92 Å². The molecule has 1 fully saturated rings. The summed E-state index contributed by atoms with van der Waals surface area (Å²) >= 11 is 0. The van der Waals surface area contributed by atoms with Gasteiger partial charge < -0.3 is 15.5 Å². The number of anilines is 1. The molecule has 0 spiro atoms. The number of guanidine groups is 1. The predicted molar refractivity (Wildman–Crippen MR) is 92.4 cm³/mol. The van der Waals surface area contributed by atoms with Crippen LogP contribution in [0, 0.1) is 10.1 Å². The molecule has 8 nitrogen and oxygen atoms in total. The molecule has 0 amide bonds. The van der Waals surface area contributed by atoms with Crippen LogP contribution in [-0.2, 0) is 0 Å². The molecule has 0 unspecified atom stereocenters. The van der Waals surface area contributed by atoms with Gasteiger partial charge in [-0.25, -0.2) is 4.98 Å². The third kappa shape index (κ3) is 3.60. The molecule has 2 aromatic rings. The lowest BCUT2D eigenvalue weighted by Crippen LogP contribution is -2.51. The Hall–Kier alpha value is -3.16. The summed E-state index contributed by atoms with van der Waals surface area (Å²) in [5.41, 5.74) is 7.18. The van der Waals surface area contributed by atoms with E-state index >= 15 is 0 Å². The van der Waals surface area contributed by atoms with Crippen molar-refractivity contribution in [3.05, 3.63) is 58.8 Å². The normalized spacial score (nSPS) is 15.4. The average molecular weight is 326 g/mol. The van der Waals surface area contributed by atoms with Gasteiger partial charge >= 0.3 is 0 Å². The van der Waals surface area contributed by atoms with Gasteiger partial charge in [-0.1, -0.05) is 18.2 Å². The van der Waals surface area contributed by atoms with Crippen LogP contribution in [0.15, 0.2) is 53.7 Å². The zero-order chi connectivity index (χ0) is 16.9. The SMILES string of the molecule is NC(=Nc1ccc([N+](=O)[O-])cn1)N1CCN(c2ccccc2)CC1. The molecule has 2 N–H and O–H groups in total. The van der Waals surface area contributed by atoms with E-state index in [1.54, 1.807) is 0 Å². The minimum Gasteiger partial charge on any atom is -0.369 e. The van der Waals surface area contributed by atoms with Crippen LogP contribution in [-0.4, -0.2) is 46.9 Å². The van der Waals surface area contributed by atoms with Crippen LogP contribution in [0.4, 0.5) is 17.2 Å². The standard InChI is InChI=1S/C16H18N6O2/c17-16(19-15-7-6-14(12-18-15)22(23)24)21-10-8-20(9-11-21)13-4-2-1-3-5-13/h1-7,12H,8-11H2,(H2,17,18,19). The summed E-state index contributed by atoms with van der Waals surface area (Å²) in [6.45, 7) is 3.23. The highest BCUT2D eigenvalue weighted by atomic mass is 16.6. The van der Waals surface area contributed by atoms with Crippen LogP contribution in [0.2, 0.25) is 0 Å². The second-order valence-corrected chi connectivity index (χ2v) is 5.41. The Kier molecular flexibility index (Phi) is 4.55. The van der Waals surface area contributed by atoms with Gasteiger partial charge in [0.05, 0.1) is 4.92 Å². The lowest BCUT2D eigenvalue weighted by Gasteiger charge is -2.36. The van der Waals surface area contributed by atoms with Crippen LogP contribution in [0.1, 0.15) is 0 Å². The summed E-state index contributed by atoms with van der Waals surface area (Å²) in [6.07, 6.45) is 1.18. The van der Waals surface area contributed by atoms with Crippen molar-refractivity contribution >= 4 is 23.2 Å². The quantitative estimate of drug-likeness (QED) is 0.399. The summed E-state index contributed by atoms with van der Waals surface area (Å²) in [6, 6.07) is 13.1. The first-order valence-electron chi connectivity index (χ1n) is 7.63. The van der Waals surface area contributed by atoms with E-state index in [1.165, 1.54) is 24.0 Å². The maximum absolute atomic E-state index is 10.6.